The van der Waals surface area contributed by atoms with E-state index in [1.807, 2.05) is 26.1 Å². The fourth-order valence-electron chi connectivity index (χ4n) is 7.48. The van der Waals surface area contributed by atoms with Crippen LogP contribution in [0.2, 0.25) is 0 Å². The van der Waals surface area contributed by atoms with Crippen molar-refractivity contribution in [1.29, 1.82) is 0 Å². The van der Waals surface area contributed by atoms with E-state index in [4.69, 9.17) is 14.2 Å². The van der Waals surface area contributed by atoms with Crippen molar-refractivity contribution >= 4 is 11.7 Å². The summed E-state index contributed by atoms with van der Waals surface area (Å²) in [4.78, 5) is 17.5. The Labute approximate surface area is 169 Å². The van der Waals surface area contributed by atoms with Gasteiger partial charge in [0, 0.05) is 31.8 Å². The van der Waals surface area contributed by atoms with Gasteiger partial charge in [0.25, 0.3) is 0 Å². The van der Waals surface area contributed by atoms with Crippen LogP contribution < -0.4 is 14.4 Å². The van der Waals surface area contributed by atoms with E-state index in [1.54, 1.807) is 14.2 Å². The molecule has 29 heavy (non-hydrogen) atoms. The van der Waals surface area contributed by atoms with E-state index >= 15 is 0 Å². The fraction of sp³-hybridized carbons (Fsp3) is 0.591. The molecule has 1 aromatic carbocycles. The Morgan fingerprint density at radius 1 is 1.31 bits per heavy atom. The highest BCUT2D eigenvalue weighted by Crippen LogP contribution is 2.74. The molecule has 4 aliphatic heterocycles. The molecule has 7 heteroatoms. The first kappa shape index (κ1) is 17.6. The van der Waals surface area contributed by atoms with E-state index in [2.05, 4.69) is 15.9 Å². The van der Waals surface area contributed by atoms with Crippen molar-refractivity contribution in [1.82, 2.24) is 4.90 Å². The Morgan fingerprint density at radius 3 is 2.69 bits per heavy atom. The van der Waals surface area contributed by atoms with Gasteiger partial charge in [0.2, 0.25) is 0 Å². The number of carbonyl (C=O) groups is 1. The molecule has 1 aliphatic carbocycles. The summed E-state index contributed by atoms with van der Waals surface area (Å²) in [6.07, 6.45) is 3.58. The van der Waals surface area contributed by atoms with Gasteiger partial charge < -0.3 is 24.2 Å². The molecule has 1 N–H and O–H groups in total. The first-order valence-electron chi connectivity index (χ1n) is 10.3. The Bertz CT molecular complexity index is 976. The zero-order valence-corrected chi connectivity index (χ0v) is 17.1. The van der Waals surface area contributed by atoms with E-state index in [1.165, 1.54) is 5.57 Å². The van der Waals surface area contributed by atoms with Crippen molar-refractivity contribution in [3.63, 3.8) is 0 Å². The summed E-state index contributed by atoms with van der Waals surface area (Å²) in [5.41, 5.74) is 1.98. The van der Waals surface area contributed by atoms with Gasteiger partial charge in [0.15, 0.2) is 17.2 Å². The standard InChI is InChI=1S/C22H26N2O5/c1-5-11-10-24-17-6-12(11)19(20(25)26)21-9-18(24)29-22(17,21)23(2)14-8-16(28-4)15(27-3)7-13(14)21/h5,7-8,12,17-19H,6,9-10H2,1-4H3,(H,25,26)/b11-5-/t12-,17-,18+,19+,21-,22-/m0/s1. The summed E-state index contributed by atoms with van der Waals surface area (Å²) < 4.78 is 17.9. The maximum Gasteiger partial charge on any atom is 0.308 e. The third-order valence-electron chi connectivity index (χ3n) is 8.40. The highest BCUT2D eigenvalue weighted by atomic mass is 16.6. The molecule has 1 aromatic rings. The van der Waals surface area contributed by atoms with Crippen molar-refractivity contribution < 1.29 is 24.1 Å². The molecule has 1 spiro atoms. The minimum absolute atomic E-state index is 0.0296. The van der Waals surface area contributed by atoms with Crippen molar-refractivity contribution in [3.8, 4) is 11.5 Å². The molecule has 5 aliphatic rings. The van der Waals surface area contributed by atoms with Crippen LogP contribution in [0.1, 0.15) is 25.3 Å². The average molecular weight is 398 g/mol. The summed E-state index contributed by atoms with van der Waals surface area (Å²) in [6, 6.07) is 4.16. The van der Waals surface area contributed by atoms with Crippen molar-refractivity contribution in [2.45, 2.75) is 43.2 Å². The van der Waals surface area contributed by atoms with Crippen LogP contribution in [-0.4, -0.2) is 61.8 Å². The first-order valence-corrected chi connectivity index (χ1v) is 10.3. The monoisotopic (exact) mass is 398 g/mol. The number of hydrogen-bond donors (Lipinski definition) is 1. The number of carboxylic acids is 1. The normalized spacial score (nSPS) is 42.3. The number of rotatable bonds is 3. The zero-order chi connectivity index (χ0) is 20.3. The maximum absolute atomic E-state index is 12.8. The molecule has 4 bridgehead atoms. The summed E-state index contributed by atoms with van der Waals surface area (Å²) in [5, 5.41) is 10.5. The van der Waals surface area contributed by atoms with E-state index in [9.17, 15) is 9.90 Å². The largest absolute Gasteiger partial charge is 0.493 e. The molecule has 7 nitrogen and oxygen atoms in total. The lowest BCUT2D eigenvalue weighted by molar-refractivity contribution is -0.159. The number of allylic oxidation sites excluding steroid dienone is 1. The number of hydrogen-bond acceptors (Lipinski definition) is 6. The number of piperidine rings is 2. The van der Waals surface area contributed by atoms with Crippen LogP contribution in [-0.2, 0) is 14.9 Å². The number of methoxy groups -OCH3 is 2. The molecule has 0 radical (unpaired) electrons. The lowest BCUT2D eigenvalue weighted by atomic mass is 9.49. The van der Waals surface area contributed by atoms with E-state index in [0.717, 1.165) is 24.2 Å². The maximum atomic E-state index is 12.8. The molecular formula is C22H26N2O5. The lowest BCUT2D eigenvalue weighted by Crippen LogP contribution is -2.75. The Kier molecular flexibility index (Phi) is 3.19. The summed E-state index contributed by atoms with van der Waals surface area (Å²) >= 11 is 0. The molecular weight excluding hydrogens is 372 g/mol. The number of ether oxygens (including phenoxy) is 3. The topological polar surface area (TPSA) is 71.5 Å². The van der Waals surface area contributed by atoms with E-state index in [-0.39, 0.29) is 18.2 Å². The summed E-state index contributed by atoms with van der Waals surface area (Å²) in [5.74, 6) is 0.0603. The molecule has 0 unspecified atom stereocenters. The van der Waals surface area contributed by atoms with Gasteiger partial charge in [-0.3, -0.25) is 9.69 Å². The third kappa shape index (κ3) is 1.62. The molecule has 3 saturated heterocycles. The van der Waals surface area contributed by atoms with Crippen molar-refractivity contribution in [2.24, 2.45) is 11.8 Å². The van der Waals surface area contributed by atoms with Crippen LogP contribution in [0.15, 0.2) is 23.8 Å². The van der Waals surface area contributed by atoms with Crippen LogP contribution in [0.25, 0.3) is 0 Å². The molecule has 6 atom stereocenters. The number of aliphatic carboxylic acids is 1. The summed E-state index contributed by atoms with van der Waals surface area (Å²) in [7, 11) is 5.29. The molecule has 6 rings (SSSR count). The van der Waals surface area contributed by atoms with Gasteiger partial charge in [-0.25, -0.2) is 0 Å². The number of likely N-dealkylation sites (N-methyl/N-ethyl adjacent to an activating group) is 1. The number of carboxylic acid groups (broad SMARTS) is 1. The second kappa shape index (κ2) is 5.26. The molecule has 4 heterocycles. The van der Waals surface area contributed by atoms with Gasteiger partial charge in [0.05, 0.1) is 31.6 Å². The summed E-state index contributed by atoms with van der Waals surface area (Å²) in [6.45, 7) is 2.83. The highest BCUT2D eigenvalue weighted by molar-refractivity contribution is 5.82. The van der Waals surface area contributed by atoms with Crippen molar-refractivity contribution in [2.75, 3.05) is 32.7 Å². The number of nitrogens with zero attached hydrogens (tertiary/aromatic N) is 2. The molecule has 0 aromatic heterocycles. The predicted molar refractivity (Wildman–Crippen MR) is 105 cm³/mol. The minimum Gasteiger partial charge on any atom is -0.493 e. The molecule has 154 valence electrons. The second-order valence-electron chi connectivity index (χ2n) is 8.94. The van der Waals surface area contributed by atoms with Crippen LogP contribution in [0.3, 0.4) is 0 Å². The minimum atomic E-state index is -0.729. The lowest BCUT2D eigenvalue weighted by Gasteiger charge is -2.61. The SMILES string of the molecule is C/C=C1/CN2[C@H]3C[C@@H]1[C@H](C(=O)O)[C@@]14C[C@H]2O[C@@]31N(C)c1cc(OC)c(OC)cc14. The van der Waals surface area contributed by atoms with E-state index < -0.39 is 23.0 Å². The molecule has 0 amide bonds. The van der Waals surface area contributed by atoms with E-state index in [0.29, 0.717) is 17.9 Å². The van der Waals surface area contributed by atoms with Gasteiger partial charge in [-0.2, -0.15) is 0 Å². The Balaban J connectivity index is 1.68. The highest BCUT2D eigenvalue weighted by Gasteiger charge is 2.83. The zero-order valence-electron chi connectivity index (χ0n) is 17.1. The third-order valence-corrected chi connectivity index (χ3v) is 8.40. The van der Waals surface area contributed by atoms with Crippen LogP contribution in [0.5, 0.6) is 11.5 Å². The van der Waals surface area contributed by atoms with Gasteiger partial charge >= 0.3 is 5.97 Å². The smallest absolute Gasteiger partial charge is 0.308 e. The quantitative estimate of drug-likeness (QED) is 0.783. The number of anilines is 1. The van der Waals surface area contributed by atoms with Gasteiger partial charge in [-0.1, -0.05) is 11.6 Å². The average Bonchev–Trinajstić information content (AvgIpc) is 3.31. The van der Waals surface area contributed by atoms with Gasteiger partial charge in [0.1, 0.15) is 6.23 Å². The van der Waals surface area contributed by atoms with Crippen molar-refractivity contribution in [3.05, 3.63) is 29.3 Å². The number of benzene rings is 1. The fourth-order valence-corrected chi connectivity index (χ4v) is 7.48. The Hall–Kier alpha value is -2.25. The Morgan fingerprint density at radius 2 is 2.03 bits per heavy atom. The van der Waals surface area contributed by atoms with Gasteiger partial charge in [-0.05, 0) is 30.9 Å². The second-order valence-corrected chi connectivity index (χ2v) is 8.94. The van der Waals surface area contributed by atoms with Crippen LogP contribution >= 0.6 is 0 Å². The predicted octanol–water partition coefficient (Wildman–Crippen LogP) is 2.20. The van der Waals surface area contributed by atoms with Crippen LogP contribution in [0, 0.1) is 11.8 Å². The van der Waals surface area contributed by atoms with Crippen LogP contribution in [0.4, 0.5) is 5.69 Å². The molecule has 1 saturated carbocycles. The van der Waals surface area contributed by atoms with Gasteiger partial charge in [-0.15, -0.1) is 0 Å². The number of fused-ring (bicyclic) bond motifs is 4. The molecule has 4 fully saturated rings. The first-order chi connectivity index (χ1) is 13.9.